The van der Waals surface area contributed by atoms with Crippen LogP contribution in [0.4, 0.5) is 4.79 Å². The van der Waals surface area contributed by atoms with Crippen LogP contribution in [0.1, 0.15) is 45.3 Å². The van der Waals surface area contributed by atoms with Crippen LogP contribution in [0.3, 0.4) is 0 Å². The maximum Gasteiger partial charge on any atom is 0.315 e. The van der Waals surface area contributed by atoms with E-state index in [9.17, 15) is 4.79 Å². The van der Waals surface area contributed by atoms with Crippen molar-refractivity contribution < 1.29 is 4.79 Å². The lowest BCUT2D eigenvalue weighted by Gasteiger charge is -2.13. The minimum atomic E-state index is -0.148. The molecule has 4 nitrogen and oxygen atoms in total. The van der Waals surface area contributed by atoms with Crippen molar-refractivity contribution in [3.8, 4) is 0 Å². The Kier molecular flexibility index (Phi) is 4.51. The van der Waals surface area contributed by atoms with Crippen molar-refractivity contribution in [2.24, 2.45) is 0 Å². The zero-order valence-electron chi connectivity index (χ0n) is 11.1. The largest absolute Gasteiger partial charge is 0.336 e. The Hall–Kier alpha value is -1.10. The first-order valence-corrected chi connectivity index (χ1v) is 6.66. The van der Waals surface area contributed by atoms with Gasteiger partial charge in [-0.25, -0.2) is 9.78 Å². The molecule has 1 aromatic heterocycles. The number of carbonyl (C=O) groups excluding carboxylic acids is 1. The lowest BCUT2D eigenvalue weighted by molar-refractivity contribution is 0.238. The predicted octanol–water partition coefficient (Wildman–Crippen LogP) is 2.65. The van der Waals surface area contributed by atoms with Crippen LogP contribution in [0.5, 0.6) is 0 Å². The van der Waals surface area contributed by atoms with Crippen LogP contribution in [0, 0.1) is 0 Å². The second kappa shape index (κ2) is 5.49. The van der Waals surface area contributed by atoms with Gasteiger partial charge in [-0.3, -0.25) is 0 Å². The van der Waals surface area contributed by atoms with Crippen LogP contribution in [0.25, 0.3) is 0 Å². The van der Waals surface area contributed by atoms with Gasteiger partial charge in [0.05, 0.1) is 17.2 Å². The summed E-state index contributed by atoms with van der Waals surface area (Å²) < 4.78 is 0. The molecule has 0 radical (unpaired) electrons. The van der Waals surface area contributed by atoms with E-state index in [-0.39, 0.29) is 17.5 Å². The quantitative estimate of drug-likeness (QED) is 0.872. The third-order valence-electron chi connectivity index (χ3n) is 2.04. The highest BCUT2D eigenvalue weighted by molar-refractivity contribution is 7.09. The molecule has 1 aromatic rings. The molecule has 2 N–H and O–H groups in total. The highest BCUT2D eigenvalue weighted by Crippen LogP contribution is 2.25. The molecule has 1 rings (SSSR count). The Morgan fingerprint density at radius 1 is 1.47 bits per heavy atom. The second-order valence-electron chi connectivity index (χ2n) is 5.38. The molecule has 1 heterocycles. The molecule has 0 aliphatic heterocycles. The van der Waals surface area contributed by atoms with Crippen LogP contribution in [0.2, 0.25) is 0 Å². The average molecular weight is 255 g/mol. The fourth-order valence-electron chi connectivity index (χ4n) is 1.22. The molecule has 0 unspecified atom stereocenters. The highest BCUT2D eigenvalue weighted by Gasteiger charge is 2.17. The number of hydrogen-bond donors (Lipinski definition) is 2. The zero-order valence-corrected chi connectivity index (χ0v) is 11.9. The number of nitrogens with zero attached hydrogens (tertiary/aromatic N) is 1. The van der Waals surface area contributed by atoms with Crippen molar-refractivity contribution in [3.63, 3.8) is 0 Å². The van der Waals surface area contributed by atoms with E-state index in [2.05, 4.69) is 36.4 Å². The number of thiazole rings is 1. The van der Waals surface area contributed by atoms with Crippen LogP contribution >= 0.6 is 11.3 Å². The van der Waals surface area contributed by atoms with Crippen molar-refractivity contribution in [1.29, 1.82) is 0 Å². The first kappa shape index (κ1) is 14.0. The Labute approximate surface area is 107 Å². The van der Waals surface area contributed by atoms with Gasteiger partial charge in [0, 0.05) is 16.8 Å². The van der Waals surface area contributed by atoms with Gasteiger partial charge in [0.1, 0.15) is 0 Å². The number of urea groups is 1. The molecule has 0 fully saturated rings. The maximum absolute atomic E-state index is 11.4. The first-order valence-electron chi connectivity index (χ1n) is 5.78. The summed E-state index contributed by atoms with van der Waals surface area (Å²) in [6, 6.07) is 0.000814. The topological polar surface area (TPSA) is 54.0 Å². The molecule has 2 amide bonds. The number of rotatable bonds is 3. The van der Waals surface area contributed by atoms with E-state index >= 15 is 0 Å². The van der Waals surface area contributed by atoms with Gasteiger partial charge in [0.15, 0.2) is 0 Å². The molecule has 0 saturated carbocycles. The van der Waals surface area contributed by atoms with E-state index in [4.69, 9.17) is 0 Å². The molecule has 0 atom stereocenters. The monoisotopic (exact) mass is 255 g/mol. The van der Waals surface area contributed by atoms with E-state index in [0.717, 1.165) is 10.7 Å². The smallest absolute Gasteiger partial charge is 0.315 e. The number of aromatic nitrogens is 1. The van der Waals surface area contributed by atoms with Gasteiger partial charge in [-0.05, 0) is 13.8 Å². The zero-order chi connectivity index (χ0) is 13.1. The number of nitrogens with one attached hydrogen (secondary N) is 2. The molecule has 0 bridgehead atoms. The minimum Gasteiger partial charge on any atom is -0.336 e. The van der Waals surface area contributed by atoms with E-state index < -0.39 is 0 Å². The normalized spacial score (nSPS) is 11.6. The van der Waals surface area contributed by atoms with E-state index in [1.165, 1.54) is 0 Å². The molecule has 0 spiro atoms. The molecule has 0 aliphatic carbocycles. The lowest BCUT2D eigenvalue weighted by atomic mass is 9.98. The summed E-state index contributed by atoms with van der Waals surface area (Å²) in [5.74, 6) is 0. The van der Waals surface area contributed by atoms with Gasteiger partial charge in [-0.15, -0.1) is 11.3 Å². The SMILES string of the molecule is CC(C)NC(=O)NCc1csc(C(C)(C)C)n1. The fraction of sp³-hybridized carbons (Fsp3) is 0.667. The molecular weight excluding hydrogens is 234 g/mol. The summed E-state index contributed by atoms with van der Waals surface area (Å²) in [5, 5.41) is 8.66. The Balaban J connectivity index is 2.48. The van der Waals surface area contributed by atoms with Gasteiger partial charge in [0.2, 0.25) is 0 Å². The van der Waals surface area contributed by atoms with Gasteiger partial charge in [-0.2, -0.15) is 0 Å². The first-order chi connectivity index (χ1) is 7.79. The van der Waals surface area contributed by atoms with E-state index in [0.29, 0.717) is 6.54 Å². The number of amides is 2. The van der Waals surface area contributed by atoms with Crippen molar-refractivity contribution in [1.82, 2.24) is 15.6 Å². The van der Waals surface area contributed by atoms with Crippen LogP contribution < -0.4 is 10.6 Å². The molecule has 96 valence electrons. The summed E-state index contributed by atoms with van der Waals surface area (Å²) in [5.41, 5.74) is 0.988. The standard InChI is InChI=1S/C12H21N3OS/c1-8(2)14-11(16)13-6-9-7-17-10(15-9)12(3,4)5/h7-8H,6H2,1-5H3,(H2,13,14,16). The van der Waals surface area contributed by atoms with Crippen molar-refractivity contribution in [2.45, 2.75) is 52.6 Å². The summed E-state index contributed by atoms with van der Waals surface area (Å²) in [6.07, 6.45) is 0. The number of carbonyl (C=O) groups is 1. The van der Waals surface area contributed by atoms with Gasteiger partial charge >= 0.3 is 6.03 Å². The molecule has 0 aliphatic rings. The fourth-order valence-corrected chi connectivity index (χ4v) is 2.12. The van der Waals surface area contributed by atoms with Crippen LogP contribution in [-0.2, 0) is 12.0 Å². The van der Waals surface area contributed by atoms with Crippen molar-refractivity contribution in [2.75, 3.05) is 0 Å². The van der Waals surface area contributed by atoms with Crippen LogP contribution in [-0.4, -0.2) is 17.1 Å². The summed E-state index contributed by atoms with van der Waals surface area (Å²) in [4.78, 5) is 15.9. The molecule has 0 saturated heterocycles. The summed E-state index contributed by atoms with van der Waals surface area (Å²) in [6.45, 7) is 10.7. The van der Waals surface area contributed by atoms with E-state index in [1.807, 2.05) is 19.2 Å². The Morgan fingerprint density at radius 3 is 2.59 bits per heavy atom. The Bertz CT molecular complexity index is 379. The third-order valence-corrected chi connectivity index (χ3v) is 3.36. The minimum absolute atomic E-state index is 0.0725. The number of hydrogen-bond acceptors (Lipinski definition) is 3. The molecule has 17 heavy (non-hydrogen) atoms. The predicted molar refractivity (Wildman–Crippen MR) is 71.3 cm³/mol. The highest BCUT2D eigenvalue weighted by atomic mass is 32.1. The molecular formula is C12H21N3OS. The average Bonchev–Trinajstić information content (AvgIpc) is 2.61. The van der Waals surface area contributed by atoms with Crippen molar-refractivity contribution in [3.05, 3.63) is 16.1 Å². The van der Waals surface area contributed by atoms with E-state index in [1.54, 1.807) is 11.3 Å². The third kappa shape index (κ3) is 4.73. The van der Waals surface area contributed by atoms with Gasteiger partial charge in [-0.1, -0.05) is 20.8 Å². The second-order valence-corrected chi connectivity index (χ2v) is 6.23. The lowest BCUT2D eigenvalue weighted by Crippen LogP contribution is -2.39. The molecule has 5 heteroatoms. The summed E-state index contributed by atoms with van der Waals surface area (Å²) >= 11 is 1.64. The maximum atomic E-state index is 11.4. The summed E-state index contributed by atoms with van der Waals surface area (Å²) in [7, 11) is 0. The van der Waals surface area contributed by atoms with Crippen LogP contribution in [0.15, 0.2) is 5.38 Å². The molecule has 0 aromatic carbocycles. The van der Waals surface area contributed by atoms with Gasteiger partial charge < -0.3 is 10.6 Å². The van der Waals surface area contributed by atoms with Gasteiger partial charge in [0.25, 0.3) is 0 Å². The Morgan fingerprint density at radius 2 is 2.12 bits per heavy atom. The van der Waals surface area contributed by atoms with Crippen molar-refractivity contribution >= 4 is 17.4 Å².